The molecular weight excluding hydrogens is 256 g/mol. The lowest BCUT2D eigenvalue weighted by Crippen LogP contribution is -2.46. The van der Waals surface area contributed by atoms with Crippen molar-refractivity contribution >= 4 is 22.8 Å². The number of carbonyl (C=O) groups is 1. The Morgan fingerprint density at radius 2 is 2.25 bits per heavy atom. The lowest BCUT2D eigenvalue weighted by molar-refractivity contribution is -0.148. The van der Waals surface area contributed by atoms with Gasteiger partial charge in [-0.2, -0.15) is 0 Å². The molecular formula is C14H18N4O2. The molecule has 1 aliphatic heterocycles. The first-order valence-corrected chi connectivity index (χ1v) is 6.76. The van der Waals surface area contributed by atoms with Crippen molar-refractivity contribution in [3.05, 3.63) is 18.6 Å². The third-order valence-electron chi connectivity index (χ3n) is 4.14. The number of pyridine rings is 1. The molecule has 1 atom stereocenters. The fourth-order valence-electron chi connectivity index (χ4n) is 2.87. The van der Waals surface area contributed by atoms with Crippen molar-refractivity contribution in [1.82, 2.24) is 14.5 Å². The van der Waals surface area contributed by atoms with Crippen LogP contribution in [0.25, 0.3) is 11.0 Å². The number of anilines is 1. The molecule has 1 N–H and O–H groups in total. The van der Waals surface area contributed by atoms with E-state index < -0.39 is 11.4 Å². The quantitative estimate of drug-likeness (QED) is 0.901. The normalized spacial score (nSPS) is 23.2. The van der Waals surface area contributed by atoms with Crippen LogP contribution in [0.4, 0.5) is 5.82 Å². The van der Waals surface area contributed by atoms with E-state index in [4.69, 9.17) is 0 Å². The number of nitrogens with zero attached hydrogens (tertiary/aromatic N) is 4. The second kappa shape index (κ2) is 4.47. The van der Waals surface area contributed by atoms with Gasteiger partial charge in [-0.15, -0.1) is 0 Å². The Balaban J connectivity index is 2.01. The van der Waals surface area contributed by atoms with E-state index in [9.17, 15) is 9.90 Å². The minimum Gasteiger partial charge on any atom is -0.481 e. The number of aryl methyl sites for hydroxylation is 1. The maximum absolute atomic E-state index is 11.5. The summed E-state index contributed by atoms with van der Waals surface area (Å²) in [7, 11) is 1.94. The molecule has 106 valence electrons. The summed E-state index contributed by atoms with van der Waals surface area (Å²) in [6.07, 6.45) is 5.08. The zero-order valence-electron chi connectivity index (χ0n) is 11.7. The van der Waals surface area contributed by atoms with Gasteiger partial charge in [-0.05, 0) is 25.8 Å². The van der Waals surface area contributed by atoms with Crippen molar-refractivity contribution in [2.75, 3.05) is 18.0 Å². The molecule has 1 saturated heterocycles. The van der Waals surface area contributed by atoms with Crippen molar-refractivity contribution in [3.8, 4) is 0 Å². The molecule has 3 rings (SSSR count). The van der Waals surface area contributed by atoms with E-state index >= 15 is 0 Å². The van der Waals surface area contributed by atoms with Gasteiger partial charge in [0.15, 0.2) is 5.82 Å². The largest absolute Gasteiger partial charge is 0.481 e. The Hall–Kier alpha value is -2.11. The van der Waals surface area contributed by atoms with Gasteiger partial charge in [-0.1, -0.05) is 0 Å². The first-order valence-electron chi connectivity index (χ1n) is 6.76. The monoisotopic (exact) mass is 274 g/mol. The summed E-state index contributed by atoms with van der Waals surface area (Å²) in [5, 5.41) is 9.41. The fraction of sp³-hybridized carbons (Fsp3) is 0.500. The number of aliphatic carboxylic acids is 1. The summed E-state index contributed by atoms with van der Waals surface area (Å²) >= 11 is 0. The minimum atomic E-state index is -0.740. The molecule has 0 amide bonds. The van der Waals surface area contributed by atoms with Crippen molar-refractivity contribution in [2.24, 2.45) is 12.5 Å². The third kappa shape index (κ3) is 1.92. The lowest BCUT2D eigenvalue weighted by atomic mass is 9.82. The highest BCUT2D eigenvalue weighted by atomic mass is 16.4. The second-order valence-corrected chi connectivity index (χ2v) is 5.75. The van der Waals surface area contributed by atoms with Gasteiger partial charge >= 0.3 is 5.97 Å². The van der Waals surface area contributed by atoms with Gasteiger partial charge in [-0.25, -0.2) is 9.97 Å². The number of hydrogen-bond acceptors (Lipinski definition) is 4. The summed E-state index contributed by atoms with van der Waals surface area (Å²) in [5.74, 6) is 0.0469. The molecule has 1 aliphatic rings. The predicted molar refractivity (Wildman–Crippen MR) is 75.7 cm³/mol. The summed E-state index contributed by atoms with van der Waals surface area (Å²) < 4.78 is 1.95. The summed E-state index contributed by atoms with van der Waals surface area (Å²) in [4.78, 5) is 22.3. The molecule has 0 aromatic carbocycles. The van der Waals surface area contributed by atoms with Crippen molar-refractivity contribution in [2.45, 2.75) is 19.8 Å². The Kier molecular flexibility index (Phi) is 2.88. The molecule has 2 aromatic heterocycles. The standard InChI is InChI=1S/C14H18N4O2/c1-14(13(19)20)5-3-7-18(8-14)12-11-10(4-6-15-12)17(2)9-16-11/h4,6,9H,3,5,7-8H2,1-2H3,(H,19,20). The molecule has 0 saturated carbocycles. The number of rotatable bonds is 2. The average Bonchev–Trinajstić information content (AvgIpc) is 2.81. The van der Waals surface area contributed by atoms with Crippen LogP contribution < -0.4 is 4.90 Å². The predicted octanol–water partition coefficient (Wildman–Crippen LogP) is 1.66. The summed E-state index contributed by atoms with van der Waals surface area (Å²) in [6.45, 7) is 3.11. The molecule has 3 heterocycles. The smallest absolute Gasteiger partial charge is 0.311 e. The first kappa shape index (κ1) is 12.9. The Labute approximate surface area is 117 Å². The molecule has 0 radical (unpaired) electrons. The number of fused-ring (bicyclic) bond motifs is 1. The fourth-order valence-corrected chi connectivity index (χ4v) is 2.87. The Morgan fingerprint density at radius 1 is 1.45 bits per heavy atom. The zero-order chi connectivity index (χ0) is 14.3. The number of piperidine rings is 1. The summed E-state index contributed by atoms with van der Waals surface area (Å²) in [5.41, 5.74) is 1.14. The second-order valence-electron chi connectivity index (χ2n) is 5.75. The van der Waals surface area contributed by atoms with Crippen LogP contribution in [0.5, 0.6) is 0 Å². The molecule has 0 spiro atoms. The molecule has 0 aliphatic carbocycles. The van der Waals surface area contributed by atoms with Crippen LogP contribution in [-0.2, 0) is 11.8 Å². The van der Waals surface area contributed by atoms with Gasteiger partial charge in [0.1, 0.15) is 5.52 Å². The van der Waals surface area contributed by atoms with Gasteiger partial charge in [0.05, 0.1) is 17.3 Å². The minimum absolute atomic E-state index is 0.477. The third-order valence-corrected chi connectivity index (χ3v) is 4.14. The molecule has 20 heavy (non-hydrogen) atoms. The lowest BCUT2D eigenvalue weighted by Gasteiger charge is -2.38. The van der Waals surface area contributed by atoms with E-state index in [0.29, 0.717) is 13.0 Å². The van der Waals surface area contributed by atoms with Crippen LogP contribution in [0.15, 0.2) is 18.6 Å². The van der Waals surface area contributed by atoms with Crippen LogP contribution in [0.3, 0.4) is 0 Å². The van der Waals surface area contributed by atoms with Crippen LogP contribution in [-0.4, -0.2) is 38.7 Å². The van der Waals surface area contributed by atoms with Crippen LogP contribution in [0, 0.1) is 5.41 Å². The average molecular weight is 274 g/mol. The van der Waals surface area contributed by atoms with E-state index in [1.54, 1.807) is 19.4 Å². The topological polar surface area (TPSA) is 71.2 Å². The highest BCUT2D eigenvalue weighted by Crippen LogP contribution is 2.33. The van der Waals surface area contributed by atoms with Crippen molar-refractivity contribution < 1.29 is 9.90 Å². The van der Waals surface area contributed by atoms with Crippen LogP contribution in [0.2, 0.25) is 0 Å². The molecule has 2 aromatic rings. The van der Waals surface area contributed by atoms with E-state index in [-0.39, 0.29) is 0 Å². The summed E-state index contributed by atoms with van der Waals surface area (Å²) in [6, 6.07) is 1.92. The molecule has 6 heteroatoms. The van der Waals surface area contributed by atoms with Gasteiger partial charge in [0.25, 0.3) is 0 Å². The van der Waals surface area contributed by atoms with E-state index in [0.717, 1.165) is 29.8 Å². The molecule has 6 nitrogen and oxygen atoms in total. The number of aromatic nitrogens is 3. The number of carboxylic acid groups (broad SMARTS) is 1. The number of imidazole rings is 1. The highest BCUT2D eigenvalue weighted by Gasteiger charge is 2.38. The highest BCUT2D eigenvalue weighted by molar-refractivity contribution is 5.87. The van der Waals surface area contributed by atoms with Crippen LogP contribution in [0.1, 0.15) is 19.8 Å². The van der Waals surface area contributed by atoms with E-state index in [1.165, 1.54) is 0 Å². The molecule has 1 unspecified atom stereocenters. The van der Waals surface area contributed by atoms with Gasteiger partial charge in [0, 0.05) is 26.3 Å². The van der Waals surface area contributed by atoms with Crippen molar-refractivity contribution in [3.63, 3.8) is 0 Å². The van der Waals surface area contributed by atoms with Crippen LogP contribution >= 0.6 is 0 Å². The van der Waals surface area contributed by atoms with Gasteiger partial charge in [0.2, 0.25) is 0 Å². The number of hydrogen-bond donors (Lipinski definition) is 1. The van der Waals surface area contributed by atoms with E-state index in [1.807, 2.05) is 22.6 Å². The zero-order valence-corrected chi connectivity index (χ0v) is 11.7. The van der Waals surface area contributed by atoms with E-state index in [2.05, 4.69) is 9.97 Å². The molecule has 1 fully saturated rings. The Morgan fingerprint density at radius 3 is 3.00 bits per heavy atom. The SMILES string of the molecule is Cn1cnc2c(N3CCCC(C)(C(=O)O)C3)nccc21. The maximum Gasteiger partial charge on any atom is 0.311 e. The Bertz CT molecular complexity index is 666. The maximum atomic E-state index is 11.5. The molecule has 0 bridgehead atoms. The van der Waals surface area contributed by atoms with Gasteiger partial charge in [-0.3, -0.25) is 4.79 Å². The van der Waals surface area contributed by atoms with Gasteiger partial charge < -0.3 is 14.6 Å². The van der Waals surface area contributed by atoms with Crippen molar-refractivity contribution in [1.29, 1.82) is 0 Å². The first-order chi connectivity index (χ1) is 9.51. The number of carboxylic acids is 1.